The van der Waals surface area contributed by atoms with Gasteiger partial charge in [-0.05, 0) is 25.3 Å². The number of hydrogen-bond donors (Lipinski definition) is 1. The number of nitrogens with one attached hydrogen (secondary N) is 1. The summed E-state index contributed by atoms with van der Waals surface area (Å²) in [6, 6.07) is 5.65. The molecule has 3 aromatic rings. The van der Waals surface area contributed by atoms with Crippen LogP contribution in [0.2, 0.25) is 0 Å². The van der Waals surface area contributed by atoms with Gasteiger partial charge in [0, 0.05) is 17.8 Å². The van der Waals surface area contributed by atoms with E-state index in [1.165, 1.54) is 29.3 Å². The van der Waals surface area contributed by atoms with Gasteiger partial charge in [0.15, 0.2) is 16.1 Å². The Morgan fingerprint density at radius 3 is 2.88 bits per heavy atom. The molecule has 7 nitrogen and oxygen atoms in total. The molecule has 3 heterocycles. The van der Waals surface area contributed by atoms with E-state index in [4.69, 9.17) is 4.74 Å². The highest BCUT2D eigenvalue weighted by molar-refractivity contribution is 7.98. The highest BCUT2D eigenvalue weighted by Crippen LogP contribution is 2.27. The van der Waals surface area contributed by atoms with Gasteiger partial charge in [-0.1, -0.05) is 17.8 Å². The number of rotatable bonds is 6. The fourth-order valence-electron chi connectivity index (χ4n) is 1.98. The lowest BCUT2D eigenvalue weighted by Crippen LogP contribution is -2.10. The Morgan fingerprint density at radius 1 is 1.28 bits per heavy atom. The molecule has 0 saturated carbocycles. The fraction of sp³-hybridized carbons (Fsp3) is 0.188. The summed E-state index contributed by atoms with van der Waals surface area (Å²) in [7, 11) is 0. The van der Waals surface area contributed by atoms with E-state index in [1.54, 1.807) is 13.1 Å². The zero-order valence-corrected chi connectivity index (χ0v) is 15.2. The van der Waals surface area contributed by atoms with E-state index >= 15 is 0 Å². The highest BCUT2D eigenvalue weighted by atomic mass is 32.2. The molecule has 0 radical (unpaired) electrons. The molecule has 0 saturated heterocycles. The van der Waals surface area contributed by atoms with Gasteiger partial charge in [0.2, 0.25) is 0 Å². The summed E-state index contributed by atoms with van der Waals surface area (Å²) in [6.45, 7) is 2.03. The normalized spacial score (nSPS) is 10.5. The van der Waals surface area contributed by atoms with Crippen molar-refractivity contribution < 1.29 is 9.53 Å². The Balaban J connectivity index is 1.89. The zero-order valence-electron chi connectivity index (χ0n) is 13.6. The molecule has 0 aliphatic rings. The van der Waals surface area contributed by atoms with Crippen LogP contribution < -0.4 is 5.32 Å². The van der Waals surface area contributed by atoms with Crippen molar-refractivity contribution in [2.45, 2.75) is 12.1 Å². The molecule has 0 aromatic carbocycles. The Morgan fingerprint density at radius 2 is 2.16 bits per heavy atom. The van der Waals surface area contributed by atoms with Gasteiger partial charge in [0.1, 0.15) is 11.3 Å². The maximum atomic E-state index is 12.1. The topological polar surface area (TPSA) is 89.9 Å². The van der Waals surface area contributed by atoms with Gasteiger partial charge in [0.25, 0.3) is 0 Å². The minimum absolute atomic E-state index is 0.272. The van der Waals surface area contributed by atoms with E-state index < -0.39 is 5.97 Å². The molecule has 0 fully saturated rings. The van der Waals surface area contributed by atoms with E-state index in [9.17, 15) is 4.79 Å². The summed E-state index contributed by atoms with van der Waals surface area (Å²) in [4.78, 5) is 29.4. The van der Waals surface area contributed by atoms with Crippen LogP contribution in [-0.4, -0.2) is 38.8 Å². The average Bonchev–Trinajstić information content (AvgIpc) is 3.11. The van der Waals surface area contributed by atoms with Crippen LogP contribution in [0.4, 0.5) is 10.9 Å². The molecule has 0 aliphatic heterocycles. The monoisotopic (exact) mass is 373 g/mol. The molecule has 0 bridgehead atoms. The predicted molar refractivity (Wildman–Crippen MR) is 98.4 cm³/mol. The standard InChI is InChI=1S/C16H15N5O2S2/c1-3-23-14(22)10-8-18-15(24-2)20-13(10)21-16-19-12(9-25-16)11-6-4-5-7-17-11/h4-9H,3H2,1-2H3,(H,18,19,20,21). The van der Waals surface area contributed by atoms with Crippen molar-refractivity contribution in [3.05, 3.63) is 41.5 Å². The first-order chi connectivity index (χ1) is 12.2. The Bertz CT molecular complexity index is 870. The summed E-state index contributed by atoms with van der Waals surface area (Å²) >= 11 is 2.79. The summed E-state index contributed by atoms with van der Waals surface area (Å²) in [5.74, 6) is -0.0983. The highest BCUT2D eigenvalue weighted by Gasteiger charge is 2.17. The molecule has 0 atom stereocenters. The molecule has 128 valence electrons. The summed E-state index contributed by atoms with van der Waals surface area (Å²) in [5, 5.41) is 6.15. The first-order valence-corrected chi connectivity index (χ1v) is 9.53. The number of ether oxygens (including phenoxy) is 1. The van der Waals surface area contributed by atoms with E-state index in [1.807, 2.05) is 29.8 Å². The van der Waals surface area contributed by atoms with Gasteiger partial charge in [-0.15, -0.1) is 11.3 Å². The molecule has 0 spiro atoms. The van der Waals surface area contributed by atoms with Crippen molar-refractivity contribution in [3.8, 4) is 11.4 Å². The third-order valence-electron chi connectivity index (χ3n) is 3.10. The SMILES string of the molecule is CCOC(=O)c1cnc(SC)nc1Nc1nc(-c2ccccn2)cs1. The first kappa shape index (κ1) is 17.3. The molecule has 0 amide bonds. The smallest absolute Gasteiger partial charge is 0.343 e. The molecule has 3 aromatic heterocycles. The van der Waals surface area contributed by atoms with E-state index in [-0.39, 0.29) is 12.2 Å². The molecular formula is C16H15N5O2S2. The number of thioether (sulfide) groups is 1. The lowest BCUT2D eigenvalue weighted by Gasteiger charge is -2.09. The van der Waals surface area contributed by atoms with E-state index in [0.717, 1.165) is 11.4 Å². The Kier molecular flexibility index (Phi) is 5.56. The maximum absolute atomic E-state index is 12.1. The Labute approximate surface area is 152 Å². The molecule has 0 unspecified atom stereocenters. The van der Waals surface area contributed by atoms with Crippen molar-refractivity contribution in [2.24, 2.45) is 0 Å². The van der Waals surface area contributed by atoms with Crippen molar-refractivity contribution in [1.29, 1.82) is 0 Å². The number of hydrogen-bond acceptors (Lipinski definition) is 9. The predicted octanol–water partition coefficient (Wildman–Crippen LogP) is 3.64. The number of carbonyl (C=O) groups excluding carboxylic acids is 1. The molecule has 1 N–H and O–H groups in total. The van der Waals surface area contributed by atoms with Crippen molar-refractivity contribution >= 4 is 40.0 Å². The van der Waals surface area contributed by atoms with Gasteiger partial charge in [-0.2, -0.15) is 0 Å². The second-order valence-corrected chi connectivity index (χ2v) is 6.35. The number of carbonyl (C=O) groups is 1. The summed E-state index contributed by atoms with van der Waals surface area (Å²) < 4.78 is 5.06. The number of anilines is 2. The van der Waals surface area contributed by atoms with Gasteiger partial charge in [0.05, 0.1) is 12.3 Å². The van der Waals surface area contributed by atoms with Crippen LogP contribution in [0, 0.1) is 0 Å². The van der Waals surface area contributed by atoms with Crippen LogP contribution >= 0.6 is 23.1 Å². The van der Waals surface area contributed by atoms with Gasteiger partial charge < -0.3 is 10.1 Å². The van der Waals surface area contributed by atoms with Crippen LogP contribution in [0.1, 0.15) is 17.3 Å². The van der Waals surface area contributed by atoms with Crippen LogP contribution in [0.25, 0.3) is 11.4 Å². The third-order valence-corrected chi connectivity index (χ3v) is 4.42. The third kappa shape index (κ3) is 4.12. The number of nitrogens with zero attached hydrogens (tertiary/aromatic N) is 4. The molecular weight excluding hydrogens is 358 g/mol. The number of thiazole rings is 1. The minimum Gasteiger partial charge on any atom is -0.462 e. The van der Waals surface area contributed by atoms with Crippen molar-refractivity contribution in [2.75, 3.05) is 18.2 Å². The molecule has 0 aliphatic carbocycles. The second kappa shape index (κ2) is 8.04. The van der Waals surface area contributed by atoms with Gasteiger partial charge >= 0.3 is 5.97 Å². The lowest BCUT2D eigenvalue weighted by molar-refractivity contribution is 0.0526. The second-order valence-electron chi connectivity index (χ2n) is 4.72. The number of pyridine rings is 1. The van der Waals surface area contributed by atoms with Crippen molar-refractivity contribution in [3.63, 3.8) is 0 Å². The van der Waals surface area contributed by atoms with Gasteiger partial charge in [-0.25, -0.2) is 19.7 Å². The minimum atomic E-state index is -0.473. The number of esters is 1. The largest absolute Gasteiger partial charge is 0.462 e. The molecule has 9 heteroatoms. The van der Waals surface area contributed by atoms with Crippen molar-refractivity contribution in [1.82, 2.24) is 19.9 Å². The van der Waals surface area contributed by atoms with Crippen LogP contribution in [-0.2, 0) is 4.74 Å². The van der Waals surface area contributed by atoms with E-state index in [2.05, 4.69) is 25.3 Å². The molecule has 25 heavy (non-hydrogen) atoms. The Hall–Kier alpha value is -2.52. The maximum Gasteiger partial charge on any atom is 0.343 e. The van der Waals surface area contributed by atoms with E-state index in [0.29, 0.717) is 16.1 Å². The lowest BCUT2D eigenvalue weighted by atomic mass is 10.3. The summed E-state index contributed by atoms with van der Waals surface area (Å²) in [5.41, 5.74) is 1.81. The first-order valence-electron chi connectivity index (χ1n) is 7.43. The van der Waals surface area contributed by atoms with Crippen LogP contribution in [0.3, 0.4) is 0 Å². The van der Waals surface area contributed by atoms with Gasteiger partial charge in [-0.3, -0.25) is 4.98 Å². The quantitative estimate of drug-likeness (QED) is 0.398. The number of aromatic nitrogens is 4. The summed E-state index contributed by atoms with van der Waals surface area (Å²) in [6.07, 6.45) is 5.05. The zero-order chi connectivity index (χ0) is 17.6. The van der Waals surface area contributed by atoms with Crippen LogP contribution in [0.15, 0.2) is 41.1 Å². The average molecular weight is 373 g/mol. The van der Waals surface area contributed by atoms with Crippen LogP contribution in [0.5, 0.6) is 0 Å². The molecule has 3 rings (SSSR count). The fourth-order valence-corrected chi connectivity index (χ4v) is 3.03.